The molecule has 1 fully saturated rings. The van der Waals surface area contributed by atoms with Crippen LogP contribution in [0.3, 0.4) is 0 Å². The Morgan fingerprint density at radius 2 is 2.24 bits per heavy atom. The summed E-state index contributed by atoms with van der Waals surface area (Å²) in [5.41, 5.74) is 0.935. The van der Waals surface area contributed by atoms with E-state index in [4.69, 9.17) is 4.74 Å². The number of esters is 1. The fourth-order valence-corrected chi connectivity index (χ4v) is 2.47. The van der Waals surface area contributed by atoms with Crippen LogP contribution in [-0.4, -0.2) is 30.4 Å². The molecule has 0 aromatic heterocycles. The molecule has 112 valence electrons. The Bertz CT molecular complexity index is 588. The summed E-state index contributed by atoms with van der Waals surface area (Å²) < 4.78 is 5.48. The van der Waals surface area contributed by atoms with Crippen LogP contribution in [0.5, 0.6) is 0 Å². The fourth-order valence-electron chi connectivity index (χ4n) is 1.99. The van der Waals surface area contributed by atoms with Crippen molar-refractivity contribution in [2.75, 3.05) is 11.9 Å². The third-order valence-corrected chi connectivity index (χ3v) is 3.71. The monoisotopic (exact) mass is 354 g/mol. The van der Waals surface area contributed by atoms with Crippen LogP contribution in [0.15, 0.2) is 22.7 Å². The largest absolute Gasteiger partial charge is 0.462 e. The number of halogens is 1. The van der Waals surface area contributed by atoms with Crippen molar-refractivity contribution in [2.45, 2.75) is 25.8 Å². The summed E-state index contributed by atoms with van der Waals surface area (Å²) in [5.74, 6) is -0.809. The van der Waals surface area contributed by atoms with E-state index in [0.717, 1.165) is 0 Å². The molecule has 0 unspecified atom stereocenters. The van der Waals surface area contributed by atoms with E-state index in [2.05, 4.69) is 26.6 Å². The smallest absolute Gasteiger partial charge is 0.338 e. The van der Waals surface area contributed by atoms with Crippen LogP contribution in [0.2, 0.25) is 0 Å². The molecular weight excluding hydrogens is 340 g/mol. The van der Waals surface area contributed by atoms with Gasteiger partial charge in [-0.05, 0) is 47.5 Å². The Morgan fingerprint density at radius 3 is 2.81 bits per heavy atom. The van der Waals surface area contributed by atoms with Gasteiger partial charge in [0.05, 0.1) is 17.9 Å². The lowest BCUT2D eigenvalue weighted by atomic mass is 10.2. The van der Waals surface area contributed by atoms with Crippen molar-refractivity contribution in [1.82, 2.24) is 5.32 Å². The van der Waals surface area contributed by atoms with Gasteiger partial charge < -0.3 is 15.4 Å². The topological polar surface area (TPSA) is 84.5 Å². The number of rotatable bonds is 4. The van der Waals surface area contributed by atoms with Gasteiger partial charge >= 0.3 is 5.97 Å². The maximum atomic E-state index is 12.0. The molecule has 21 heavy (non-hydrogen) atoms. The van der Waals surface area contributed by atoms with Gasteiger partial charge in [-0.3, -0.25) is 9.59 Å². The molecule has 1 aromatic rings. The normalized spacial score (nSPS) is 17.2. The highest BCUT2D eigenvalue weighted by Crippen LogP contribution is 2.24. The van der Waals surface area contributed by atoms with Crippen LogP contribution in [0.4, 0.5) is 5.69 Å². The molecule has 7 heteroatoms. The molecule has 0 radical (unpaired) electrons. The van der Waals surface area contributed by atoms with E-state index >= 15 is 0 Å². The van der Waals surface area contributed by atoms with E-state index in [9.17, 15) is 14.4 Å². The molecule has 1 aliphatic rings. The second-order valence-corrected chi connectivity index (χ2v) is 5.42. The van der Waals surface area contributed by atoms with Gasteiger partial charge in [0.15, 0.2) is 0 Å². The summed E-state index contributed by atoms with van der Waals surface area (Å²) in [6.45, 7) is 2.04. The second kappa shape index (κ2) is 6.71. The highest BCUT2D eigenvalue weighted by atomic mass is 79.9. The first-order chi connectivity index (χ1) is 10.0. The van der Waals surface area contributed by atoms with Crippen molar-refractivity contribution < 1.29 is 19.1 Å². The van der Waals surface area contributed by atoms with E-state index in [1.54, 1.807) is 25.1 Å². The van der Waals surface area contributed by atoms with Crippen molar-refractivity contribution in [3.05, 3.63) is 28.2 Å². The maximum absolute atomic E-state index is 12.0. The average Bonchev–Trinajstić information content (AvgIpc) is 2.88. The minimum Gasteiger partial charge on any atom is -0.462 e. The third kappa shape index (κ3) is 3.81. The SMILES string of the molecule is CCOC(=O)c1ccc(NC(=O)[C@@H]2CCC(=O)N2)c(Br)c1. The van der Waals surface area contributed by atoms with Gasteiger partial charge in [0.25, 0.3) is 0 Å². The predicted octanol–water partition coefficient (Wildman–Crippen LogP) is 1.84. The first-order valence-electron chi connectivity index (χ1n) is 6.58. The van der Waals surface area contributed by atoms with E-state index in [1.165, 1.54) is 0 Å². The standard InChI is InChI=1S/C14H15BrN2O4/c1-2-21-14(20)8-3-4-10(9(15)7-8)17-13(19)11-5-6-12(18)16-11/h3-4,7,11H,2,5-6H2,1H3,(H,16,18)(H,17,19)/t11-/m0/s1. The summed E-state index contributed by atoms with van der Waals surface area (Å²) in [6.07, 6.45) is 0.851. The van der Waals surface area contributed by atoms with Gasteiger partial charge in [0.2, 0.25) is 11.8 Å². The quantitative estimate of drug-likeness (QED) is 0.808. The zero-order valence-corrected chi connectivity index (χ0v) is 13.0. The molecule has 2 rings (SSSR count). The molecule has 1 saturated heterocycles. The molecule has 1 aliphatic heterocycles. The van der Waals surface area contributed by atoms with E-state index in [-0.39, 0.29) is 11.8 Å². The van der Waals surface area contributed by atoms with E-state index in [1.807, 2.05) is 0 Å². The van der Waals surface area contributed by atoms with Crippen LogP contribution >= 0.6 is 15.9 Å². The number of carbonyl (C=O) groups excluding carboxylic acids is 3. The Labute approximate surface area is 130 Å². The second-order valence-electron chi connectivity index (χ2n) is 4.56. The van der Waals surface area contributed by atoms with E-state index in [0.29, 0.717) is 35.2 Å². The minimum absolute atomic E-state index is 0.119. The van der Waals surface area contributed by atoms with Gasteiger partial charge in [-0.1, -0.05) is 0 Å². The Morgan fingerprint density at radius 1 is 1.48 bits per heavy atom. The van der Waals surface area contributed by atoms with E-state index < -0.39 is 12.0 Å². The van der Waals surface area contributed by atoms with Crippen molar-refractivity contribution in [3.8, 4) is 0 Å². The van der Waals surface area contributed by atoms with Crippen molar-refractivity contribution in [3.63, 3.8) is 0 Å². The first kappa shape index (κ1) is 15.5. The third-order valence-electron chi connectivity index (χ3n) is 3.05. The number of carbonyl (C=O) groups is 3. The summed E-state index contributed by atoms with van der Waals surface area (Å²) in [6, 6.07) is 4.27. The number of nitrogens with one attached hydrogen (secondary N) is 2. The molecule has 0 saturated carbocycles. The zero-order valence-electron chi connectivity index (χ0n) is 11.4. The molecule has 1 heterocycles. The summed E-state index contributed by atoms with van der Waals surface area (Å²) in [4.78, 5) is 34.7. The highest BCUT2D eigenvalue weighted by molar-refractivity contribution is 9.10. The van der Waals surface area contributed by atoms with Gasteiger partial charge in [-0.25, -0.2) is 4.79 Å². The lowest BCUT2D eigenvalue weighted by Crippen LogP contribution is -2.37. The van der Waals surface area contributed by atoms with Crippen LogP contribution < -0.4 is 10.6 Å². The highest BCUT2D eigenvalue weighted by Gasteiger charge is 2.27. The van der Waals surface area contributed by atoms with Crippen molar-refractivity contribution in [1.29, 1.82) is 0 Å². The number of hydrogen-bond donors (Lipinski definition) is 2. The van der Waals surface area contributed by atoms with Crippen LogP contribution in [0.1, 0.15) is 30.1 Å². The van der Waals surface area contributed by atoms with Crippen LogP contribution in [-0.2, 0) is 14.3 Å². The number of amides is 2. The van der Waals surface area contributed by atoms with Gasteiger partial charge in [0, 0.05) is 10.9 Å². The molecule has 0 bridgehead atoms. The molecule has 1 aromatic carbocycles. The molecule has 1 atom stereocenters. The van der Waals surface area contributed by atoms with Crippen LogP contribution in [0.25, 0.3) is 0 Å². The molecular formula is C14H15BrN2O4. The Balaban J connectivity index is 2.05. The summed E-state index contributed by atoms with van der Waals surface area (Å²) in [7, 11) is 0. The molecule has 2 N–H and O–H groups in total. The minimum atomic E-state index is -0.505. The Hall–Kier alpha value is -1.89. The first-order valence-corrected chi connectivity index (χ1v) is 7.37. The zero-order chi connectivity index (χ0) is 15.4. The molecule has 0 spiro atoms. The lowest BCUT2D eigenvalue weighted by Gasteiger charge is -2.12. The van der Waals surface area contributed by atoms with Crippen LogP contribution in [0, 0.1) is 0 Å². The number of benzene rings is 1. The molecule has 6 nitrogen and oxygen atoms in total. The average molecular weight is 355 g/mol. The van der Waals surface area contributed by atoms with Gasteiger partial charge in [-0.15, -0.1) is 0 Å². The van der Waals surface area contributed by atoms with Crippen molar-refractivity contribution in [2.24, 2.45) is 0 Å². The fraction of sp³-hybridized carbons (Fsp3) is 0.357. The summed E-state index contributed by atoms with van der Waals surface area (Å²) >= 11 is 3.31. The van der Waals surface area contributed by atoms with Gasteiger partial charge in [0.1, 0.15) is 6.04 Å². The predicted molar refractivity (Wildman–Crippen MR) is 79.9 cm³/mol. The lowest BCUT2D eigenvalue weighted by molar-refractivity contribution is -0.122. The molecule has 0 aliphatic carbocycles. The number of anilines is 1. The summed E-state index contributed by atoms with van der Waals surface area (Å²) in [5, 5.41) is 5.32. The number of hydrogen-bond acceptors (Lipinski definition) is 4. The number of ether oxygens (including phenoxy) is 1. The molecule has 2 amide bonds. The van der Waals surface area contributed by atoms with Gasteiger partial charge in [-0.2, -0.15) is 0 Å². The van der Waals surface area contributed by atoms with Crippen molar-refractivity contribution >= 4 is 39.4 Å². The maximum Gasteiger partial charge on any atom is 0.338 e. The Kier molecular flexibility index (Phi) is 4.95.